The van der Waals surface area contributed by atoms with Gasteiger partial charge in [-0.15, -0.1) is 0 Å². The Morgan fingerprint density at radius 2 is 1.83 bits per heavy atom. The number of benzene rings is 2. The third-order valence-electron chi connectivity index (χ3n) is 5.22. The number of halogens is 1. The summed E-state index contributed by atoms with van der Waals surface area (Å²) in [6.45, 7) is 0.254. The molecule has 0 bridgehead atoms. The van der Waals surface area contributed by atoms with Crippen LogP contribution in [-0.4, -0.2) is 40.3 Å². The van der Waals surface area contributed by atoms with Crippen molar-refractivity contribution in [3.8, 4) is 23.3 Å². The lowest BCUT2D eigenvalue weighted by atomic mass is 10.2. The van der Waals surface area contributed by atoms with Crippen LogP contribution in [0.15, 0.2) is 41.2 Å². The smallest absolute Gasteiger partial charge is 0.267 e. The Balaban J connectivity index is 1.81. The first kappa shape index (κ1) is 23.6. The molecule has 0 aliphatic rings. The third kappa shape index (κ3) is 4.60. The van der Waals surface area contributed by atoms with Crippen molar-refractivity contribution in [1.29, 1.82) is 5.26 Å². The first-order valence-corrected chi connectivity index (χ1v) is 10.7. The molecule has 4 aromatic rings. The zero-order valence-corrected chi connectivity index (χ0v) is 19.6. The van der Waals surface area contributed by atoms with E-state index < -0.39 is 0 Å². The molecule has 178 valence electrons. The zero-order valence-electron chi connectivity index (χ0n) is 18.9. The lowest BCUT2D eigenvalue weighted by Crippen LogP contribution is -2.26. The van der Waals surface area contributed by atoms with Crippen LogP contribution in [0.2, 0.25) is 5.02 Å². The lowest BCUT2D eigenvalue weighted by Gasteiger charge is -2.16. The summed E-state index contributed by atoms with van der Waals surface area (Å²) in [6.07, 6.45) is 0.270. The number of rotatable bonds is 7. The Morgan fingerprint density at radius 1 is 1.11 bits per heavy atom. The van der Waals surface area contributed by atoms with Crippen LogP contribution in [0.1, 0.15) is 11.4 Å². The van der Waals surface area contributed by atoms with Gasteiger partial charge in [-0.25, -0.2) is 4.98 Å². The predicted octanol–water partition coefficient (Wildman–Crippen LogP) is 2.54. The van der Waals surface area contributed by atoms with Gasteiger partial charge in [0, 0.05) is 31.2 Å². The van der Waals surface area contributed by atoms with E-state index in [1.165, 1.54) is 18.8 Å². The minimum Gasteiger partial charge on any atom is -0.497 e. The maximum Gasteiger partial charge on any atom is 0.267 e. The molecule has 35 heavy (non-hydrogen) atoms. The quantitative estimate of drug-likeness (QED) is 0.348. The van der Waals surface area contributed by atoms with E-state index in [-0.39, 0.29) is 47.1 Å². The summed E-state index contributed by atoms with van der Waals surface area (Å²) in [7, 11) is 3.04. The molecule has 2 heterocycles. The lowest BCUT2D eigenvalue weighted by molar-refractivity contribution is 0.394. The minimum absolute atomic E-state index is 0.0265. The van der Waals surface area contributed by atoms with Gasteiger partial charge in [0.2, 0.25) is 5.95 Å². The summed E-state index contributed by atoms with van der Waals surface area (Å²) in [4.78, 5) is 26.2. The standard InChI is InChI=1S/C23H21ClN8O3/c1-34-13-8-12(9-14(10-13)35-2)32-18(29-17-5-3-4-16(24)19(17)22(32)33)6-7-28-21-15(11-25)20(26)30-23(27)31-21/h3-5,8-10H,6-7H2,1-2H3,(H5,26,27,28,30,31). The second-order valence-electron chi connectivity index (χ2n) is 7.35. The fourth-order valence-electron chi connectivity index (χ4n) is 3.62. The predicted molar refractivity (Wildman–Crippen MR) is 133 cm³/mol. The molecule has 0 saturated carbocycles. The van der Waals surface area contributed by atoms with Gasteiger partial charge in [-0.2, -0.15) is 15.2 Å². The van der Waals surface area contributed by atoms with E-state index in [0.29, 0.717) is 33.6 Å². The molecule has 0 fully saturated rings. The van der Waals surface area contributed by atoms with Crippen LogP contribution < -0.4 is 31.8 Å². The average Bonchev–Trinajstić information content (AvgIpc) is 2.83. The highest BCUT2D eigenvalue weighted by molar-refractivity contribution is 6.35. The molecule has 0 atom stereocenters. The summed E-state index contributed by atoms with van der Waals surface area (Å²) < 4.78 is 12.2. The highest BCUT2D eigenvalue weighted by Gasteiger charge is 2.17. The fraction of sp³-hybridized carbons (Fsp3) is 0.174. The van der Waals surface area contributed by atoms with E-state index in [9.17, 15) is 10.1 Å². The van der Waals surface area contributed by atoms with Gasteiger partial charge in [0.05, 0.1) is 35.8 Å². The summed E-state index contributed by atoms with van der Waals surface area (Å²) in [5.41, 5.74) is 12.1. The maximum atomic E-state index is 13.6. The molecule has 0 spiro atoms. The number of fused-ring (bicyclic) bond motifs is 1. The second kappa shape index (κ2) is 9.74. The Labute approximate surface area is 204 Å². The average molecular weight is 493 g/mol. The van der Waals surface area contributed by atoms with Gasteiger partial charge < -0.3 is 26.3 Å². The molecule has 2 aromatic heterocycles. The topological polar surface area (TPSA) is 167 Å². The van der Waals surface area contributed by atoms with Gasteiger partial charge in [0.25, 0.3) is 5.56 Å². The number of nitriles is 1. The molecule has 11 nitrogen and oxygen atoms in total. The summed E-state index contributed by atoms with van der Waals surface area (Å²) >= 11 is 6.36. The van der Waals surface area contributed by atoms with Crippen LogP contribution in [0.4, 0.5) is 17.6 Å². The SMILES string of the molecule is COc1cc(OC)cc(-n2c(CCNc3nc(N)nc(N)c3C#N)nc3cccc(Cl)c3c2=O)c1. The molecule has 12 heteroatoms. The number of nitrogens with two attached hydrogens (primary N) is 2. The number of hydrogen-bond acceptors (Lipinski definition) is 10. The molecule has 2 aromatic carbocycles. The number of hydrogen-bond donors (Lipinski definition) is 3. The van der Waals surface area contributed by atoms with Crippen molar-refractivity contribution in [1.82, 2.24) is 19.5 Å². The number of aromatic nitrogens is 4. The van der Waals surface area contributed by atoms with Gasteiger partial charge in [-0.05, 0) is 12.1 Å². The number of nitrogen functional groups attached to an aromatic ring is 2. The minimum atomic E-state index is -0.348. The van der Waals surface area contributed by atoms with Crippen LogP contribution >= 0.6 is 11.6 Å². The zero-order chi connectivity index (χ0) is 25.1. The molecule has 0 aliphatic carbocycles. The molecular weight excluding hydrogens is 472 g/mol. The summed E-state index contributed by atoms with van der Waals surface area (Å²) in [6, 6.07) is 12.1. The van der Waals surface area contributed by atoms with Crippen LogP contribution in [-0.2, 0) is 6.42 Å². The maximum absolute atomic E-state index is 13.6. The van der Waals surface area contributed by atoms with Crippen molar-refractivity contribution in [3.05, 3.63) is 63.2 Å². The molecule has 0 radical (unpaired) electrons. The monoisotopic (exact) mass is 492 g/mol. The van der Waals surface area contributed by atoms with Crippen LogP contribution in [0.5, 0.6) is 11.5 Å². The number of nitrogens with one attached hydrogen (secondary N) is 1. The third-order valence-corrected chi connectivity index (χ3v) is 5.53. The Kier molecular flexibility index (Phi) is 6.57. The van der Waals surface area contributed by atoms with E-state index in [4.69, 9.17) is 37.5 Å². The summed E-state index contributed by atoms with van der Waals surface area (Å²) in [5, 5.41) is 13.0. The van der Waals surface area contributed by atoms with Crippen LogP contribution in [0.25, 0.3) is 16.6 Å². The van der Waals surface area contributed by atoms with Crippen LogP contribution in [0, 0.1) is 11.3 Å². The van der Waals surface area contributed by atoms with Crippen molar-refractivity contribution in [2.45, 2.75) is 6.42 Å². The Bertz CT molecular complexity index is 1510. The molecule has 0 saturated heterocycles. The molecule has 4 rings (SSSR count). The number of nitrogens with zero attached hydrogens (tertiary/aromatic N) is 5. The van der Waals surface area contributed by atoms with E-state index in [1.807, 2.05) is 6.07 Å². The molecule has 0 aliphatic heterocycles. The van der Waals surface area contributed by atoms with Crippen LogP contribution in [0.3, 0.4) is 0 Å². The van der Waals surface area contributed by atoms with Gasteiger partial charge in [0.15, 0.2) is 5.82 Å². The van der Waals surface area contributed by atoms with Crippen molar-refractivity contribution >= 4 is 40.1 Å². The van der Waals surface area contributed by atoms with Crippen molar-refractivity contribution in [2.75, 3.05) is 37.5 Å². The van der Waals surface area contributed by atoms with Crippen molar-refractivity contribution < 1.29 is 9.47 Å². The van der Waals surface area contributed by atoms with Crippen molar-refractivity contribution in [2.24, 2.45) is 0 Å². The Morgan fingerprint density at radius 3 is 2.49 bits per heavy atom. The number of anilines is 3. The first-order valence-electron chi connectivity index (χ1n) is 10.4. The van der Waals surface area contributed by atoms with Gasteiger partial charge >= 0.3 is 0 Å². The van der Waals surface area contributed by atoms with E-state index in [1.54, 1.807) is 36.4 Å². The van der Waals surface area contributed by atoms with E-state index >= 15 is 0 Å². The summed E-state index contributed by atoms with van der Waals surface area (Å²) in [5.74, 6) is 1.53. The molecular formula is C23H21ClN8O3. The van der Waals surface area contributed by atoms with Crippen molar-refractivity contribution in [3.63, 3.8) is 0 Å². The molecule has 0 unspecified atom stereocenters. The van der Waals surface area contributed by atoms with E-state index in [0.717, 1.165) is 0 Å². The van der Waals surface area contributed by atoms with E-state index in [2.05, 4.69) is 15.3 Å². The fourth-order valence-corrected chi connectivity index (χ4v) is 3.87. The molecule has 0 amide bonds. The number of methoxy groups -OCH3 is 2. The highest BCUT2D eigenvalue weighted by atomic mass is 35.5. The Hall–Kier alpha value is -4.56. The second-order valence-corrected chi connectivity index (χ2v) is 7.76. The normalized spacial score (nSPS) is 10.7. The van der Waals surface area contributed by atoms with Gasteiger partial charge in [-0.1, -0.05) is 17.7 Å². The number of ether oxygens (including phenoxy) is 2. The molecule has 5 N–H and O–H groups in total. The van der Waals surface area contributed by atoms with Gasteiger partial charge in [-0.3, -0.25) is 9.36 Å². The van der Waals surface area contributed by atoms with Gasteiger partial charge in [0.1, 0.15) is 34.8 Å². The largest absolute Gasteiger partial charge is 0.497 e. The highest BCUT2D eigenvalue weighted by Crippen LogP contribution is 2.27. The first-order chi connectivity index (χ1) is 16.9.